The lowest BCUT2D eigenvalue weighted by molar-refractivity contribution is 0.331. The molecule has 0 radical (unpaired) electrons. The van der Waals surface area contributed by atoms with Crippen molar-refractivity contribution in [2.75, 3.05) is 6.54 Å². The summed E-state index contributed by atoms with van der Waals surface area (Å²) in [6.07, 6.45) is 7.17. The molecule has 1 aromatic carbocycles. The van der Waals surface area contributed by atoms with Gasteiger partial charge in [0.25, 0.3) is 0 Å². The van der Waals surface area contributed by atoms with Crippen LogP contribution >= 0.6 is 0 Å². The number of rotatable bonds is 4. The van der Waals surface area contributed by atoms with Gasteiger partial charge in [0.05, 0.1) is 0 Å². The van der Waals surface area contributed by atoms with Crippen molar-refractivity contribution >= 4 is 0 Å². The Balaban J connectivity index is 1.77. The monoisotopic (exact) mass is 217 g/mol. The number of benzene rings is 1. The van der Waals surface area contributed by atoms with E-state index in [1.54, 1.807) is 0 Å². The molecule has 0 aliphatic heterocycles. The van der Waals surface area contributed by atoms with E-state index in [4.69, 9.17) is 0 Å². The fourth-order valence-corrected chi connectivity index (χ4v) is 2.59. The van der Waals surface area contributed by atoms with Crippen LogP contribution in [0, 0.1) is 5.92 Å². The summed E-state index contributed by atoms with van der Waals surface area (Å²) >= 11 is 0. The third kappa shape index (κ3) is 3.34. The van der Waals surface area contributed by atoms with Crippen molar-refractivity contribution in [1.82, 2.24) is 5.32 Å². The average Bonchev–Trinajstić information content (AvgIpc) is 2.38. The van der Waals surface area contributed by atoms with Crippen LogP contribution in [0.2, 0.25) is 0 Å². The third-order valence-corrected chi connectivity index (χ3v) is 3.74. The van der Waals surface area contributed by atoms with E-state index in [-0.39, 0.29) is 0 Å². The minimum absolute atomic E-state index is 0.489. The Bertz CT molecular complexity index is 288. The predicted octanol–water partition coefficient (Wildman–Crippen LogP) is 3.92. The summed E-state index contributed by atoms with van der Waals surface area (Å²) in [7, 11) is 0. The second-order valence-electron chi connectivity index (χ2n) is 5.04. The highest BCUT2D eigenvalue weighted by Gasteiger charge is 2.14. The van der Waals surface area contributed by atoms with Crippen molar-refractivity contribution in [1.29, 1.82) is 0 Å². The van der Waals surface area contributed by atoms with Crippen LogP contribution in [0.5, 0.6) is 0 Å². The first-order chi connectivity index (χ1) is 7.86. The summed E-state index contributed by atoms with van der Waals surface area (Å²) < 4.78 is 0. The van der Waals surface area contributed by atoms with Gasteiger partial charge in [0, 0.05) is 6.04 Å². The van der Waals surface area contributed by atoms with Crippen LogP contribution in [0.3, 0.4) is 0 Å². The third-order valence-electron chi connectivity index (χ3n) is 3.74. The first kappa shape index (κ1) is 11.7. The molecule has 1 aliphatic rings. The van der Waals surface area contributed by atoms with Gasteiger partial charge in [-0.2, -0.15) is 0 Å². The van der Waals surface area contributed by atoms with Gasteiger partial charge in [-0.3, -0.25) is 0 Å². The molecule has 1 N–H and O–H groups in total. The fourth-order valence-electron chi connectivity index (χ4n) is 2.59. The van der Waals surface area contributed by atoms with Crippen LogP contribution in [0.25, 0.3) is 0 Å². The van der Waals surface area contributed by atoms with E-state index in [1.807, 2.05) is 0 Å². The summed E-state index contributed by atoms with van der Waals surface area (Å²) in [6, 6.07) is 11.2. The van der Waals surface area contributed by atoms with Gasteiger partial charge in [-0.15, -0.1) is 0 Å². The van der Waals surface area contributed by atoms with Crippen LogP contribution in [0.4, 0.5) is 0 Å². The zero-order valence-electron chi connectivity index (χ0n) is 10.3. The van der Waals surface area contributed by atoms with E-state index in [0.717, 1.165) is 5.92 Å². The van der Waals surface area contributed by atoms with E-state index in [9.17, 15) is 0 Å². The van der Waals surface area contributed by atoms with Crippen molar-refractivity contribution < 1.29 is 0 Å². The maximum absolute atomic E-state index is 3.67. The molecule has 0 heterocycles. The van der Waals surface area contributed by atoms with Gasteiger partial charge in [-0.1, -0.05) is 49.6 Å². The van der Waals surface area contributed by atoms with Crippen LogP contribution in [-0.4, -0.2) is 6.54 Å². The van der Waals surface area contributed by atoms with E-state index >= 15 is 0 Å². The van der Waals surface area contributed by atoms with Gasteiger partial charge in [0.1, 0.15) is 0 Å². The molecule has 0 amide bonds. The topological polar surface area (TPSA) is 12.0 Å². The maximum atomic E-state index is 3.67. The van der Waals surface area contributed by atoms with Gasteiger partial charge < -0.3 is 5.32 Å². The quantitative estimate of drug-likeness (QED) is 0.806. The van der Waals surface area contributed by atoms with Gasteiger partial charge in [-0.25, -0.2) is 0 Å². The Morgan fingerprint density at radius 2 is 1.81 bits per heavy atom. The highest BCUT2D eigenvalue weighted by atomic mass is 14.9. The zero-order valence-corrected chi connectivity index (χ0v) is 10.3. The van der Waals surface area contributed by atoms with E-state index in [1.165, 1.54) is 44.2 Å². The lowest BCUT2D eigenvalue weighted by Gasteiger charge is -2.24. The van der Waals surface area contributed by atoms with Gasteiger partial charge in [0.15, 0.2) is 0 Å². The van der Waals surface area contributed by atoms with E-state index in [0.29, 0.717) is 6.04 Å². The molecule has 2 rings (SSSR count). The molecule has 1 heteroatoms. The number of hydrogen-bond donors (Lipinski definition) is 1. The second-order valence-corrected chi connectivity index (χ2v) is 5.04. The van der Waals surface area contributed by atoms with Crippen molar-refractivity contribution in [3.63, 3.8) is 0 Å². The lowest BCUT2D eigenvalue weighted by atomic mass is 9.89. The number of nitrogens with one attached hydrogen (secondary N) is 1. The molecular weight excluding hydrogens is 194 g/mol. The molecule has 0 bridgehead atoms. The summed E-state index contributed by atoms with van der Waals surface area (Å²) in [5, 5.41) is 3.67. The molecule has 1 saturated carbocycles. The Labute approximate surface area is 99.3 Å². The molecular formula is C15H23N. The highest BCUT2D eigenvalue weighted by Crippen LogP contribution is 2.23. The van der Waals surface area contributed by atoms with Crippen LogP contribution < -0.4 is 5.32 Å². The van der Waals surface area contributed by atoms with Crippen molar-refractivity contribution in [3.8, 4) is 0 Å². The predicted molar refractivity (Wildman–Crippen MR) is 69.4 cm³/mol. The van der Waals surface area contributed by atoms with Gasteiger partial charge in [0.2, 0.25) is 0 Å². The largest absolute Gasteiger partial charge is 0.310 e. The second kappa shape index (κ2) is 6.05. The number of hydrogen-bond acceptors (Lipinski definition) is 1. The Kier molecular flexibility index (Phi) is 4.41. The molecule has 1 fully saturated rings. The molecule has 1 aromatic rings. The van der Waals surface area contributed by atoms with Crippen LogP contribution in [0.15, 0.2) is 30.3 Å². The van der Waals surface area contributed by atoms with E-state index < -0.39 is 0 Å². The minimum atomic E-state index is 0.489. The smallest absolute Gasteiger partial charge is 0.0291 e. The fraction of sp³-hybridized carbons (Fsp3) is 0.600. The van der Waals surface area contributed by atoms with Crippen molar-refractivity contribution in [3.05, 3.63) is 35.9 Å². The first-order valence-electron chi connectivity index (χ1n) is 6.64. The summed E-state index contributed by atoms with van der Waals surface area (Å²) in [4.78, 5) is 0. The summed E-state index contributed by atoms with van der Waals surface area (Å²) in [5.74, 6) is 0.917. The Hall–Kier alpha value is -0.820. The highest BCUT2D eigenvalue weighted by molar-refractivity contribution is 5.17. The Morgan fingerprint density at radius 3 is 2.50 bits per heavy atom. The molecule has 1 atom stereocenters. The molecule has 1 nitrogen and oxygen atoms in total. The minimum Gasteiger partial charge on any atom is -0.310 e. The Morgan fingerprint density at radius 1 is 1.12 bits per heavy atom. The molecule has 1 aliphatic carbocycles. The molecule has 0 saturated heterocycles. The van der Waals surface area contributed by atoms with Gasteiger partial charge >= 0.3 is 0 Å². The standard InChI is InChI=1S/C15H23N/c1-13(15-10-6-3-7-11-15)16-12-14-8-4-2-5-9-14/h3,6-7,10-11,13-14,16H,2,4-5,8-9,12H2,1H3. The molecule has 88 valence electrons. The lowest BCUT2D eigenvalue weighted by Crippen LogP contribution is -2.27. The summed E-state index contributed by atoms with van der Waals surface area (Å²) in [5.41, 5.74) is 1.40. The summed E-state index contributed by atoms with van der Waals surface area (Å²) in [6.45, 7) is 3.45. The molecule has 1 unspecified atom stereocenters. The average molecular weight is 217 g/mol. The van der Waals surface area contributed by atoms with E-state index in [2.05, 4.69) is 42.6 Å². The van der Waals surface area contributed by atoms with Crippen LogP contribution in [-0.2, 0) is 0 Å². The molecule has 0 aromatic heterocycles. The maximum Gasteiger partial charge on any atom is 0.0291 e. The van der Waals surface area contributed by atoms with Crippen LogP contribution in [0.1, 0.15) is 50.6 Å². The molecule has 0 spiro atoms. The van der Waals surface area contributed by atoms with Crippen molar-refractivity contribution in [2.24, 2.45) is 5.92 Å². The van der Waals surface area contributed by atoms with Gasteiger partial charge in [-0.05, 0) is 37.8 Å². The normalized spacial score (nSPS) is 19.6. The molecule has 16 heavy (non-hydrogen) atoms. The first-order valence-corrected chi connectivity index (χ1v) is 6.64. The zero-order chi connectivity index (χ0) is 11.2. The SMILES string of the molecule is CC(NCC1CCCCC1)c1ccccc1. The van der Waals surface area contributed by atoms with Crippen molar-refractivity contribution in [2.45, 2.75) is 45.1 Å².